The number of phenols is 1. The molecule has 2 heterocycles. The van der Waals surface area contributed by atoms with E-state index in [2.05, 4.69) is 16.9 Å². The number of piperidine rings is 1. The normalized spacial score (nSPS) is 19.5. The number of allylic oxidation sites excluding steroid dienone is 1. The minimum absolute atomic E-state index is 0.0272. The van der Waals surface area contributed by atoms with E-state index in [4.69, 9.17) is 16.6 Å². The van der Waals surface area contributed by atoms with Gasteiger partial charge in [-0.2, -0.15) is 5.10 Å². The average Bonchev–Trinajstić information content (AvgIpc) is 3.24. The summed E-state index contributed by atoms with van der Waals surface area (Å²) < 4.78 is 2.05. The van der Waals surface area contributed by atoms with Crippen molar-refractivity contribution in [2.75, 3.05) is 13.1 Å². The van der Waals surface area contributed by atoms with Gasteiger partial charge in [-0.15, -0.1) is 0 Å². The Labute approximate surface area is 195 Å². The van der Waals surface area contributed by atoms with E-state index in [1.54, 1.807) is 24.3 Å². The molecule has 1 unspecified atom stereocenters. The van der Waals surface area contributed by atoms with Gasteiger partial charge in [0.25, 0.3) is 0 Å². The van der Waals surface area contributed by atoms with E-state index in [1.807, 2.05) is 23.2 Å². The standard InChI is InChI=1S/C26H34N6O/c1-18(20-11-13-31(14-12-20)22-5-4-6-22)32-17-19(16-30-32)9-10-21(26(28)29)15-24(27)23-7-2-3-8-25(23)33/h2-3,7-10,15-18,20,22,27,33H,4-6,11-14H2,1H3,(H3,28,29)/b10-9+,21-15-,27-24?. The SMILES string of the molecule is CC(C1CCN(C2CCC2)CC1)n1cc(/C=C/C(=C/C(=N)c2ccccc2O)C(=N)N)cn1. The molecule has 1 aliphatic heterocycles. The Morgan fingerprint density at radius 2 is 1.91 bits per heavy atom. The van der Waals surface area contributed by atoms with Crippen LogP contribution in [-0.4, -0.2) is 50.5 Å². The van der Waals surface area contributed by atoms with E-state index in [9.17, 15) is 5.11 Å². The number of benzene rings is 1. The largest absolute Gasteiger partial charge is 0.507 e. The minimum Gasteiger partial charge on any atom is -0.507 e. The minimum atomic E-state index is -0.134. The van der Waals surface area contributed by atoms with Crippen LogP contribution in [0.25, 0.3) is 6.08 Å². The Kier molecular flexibility index (Phi) is 7.08. The number of amidine groups is 1. The highest BCUT2D eigenvalue weighted by Gasteiger charge is 2.31. The van der Waals surface area contributed by atoms with E-state index < -0.39 is 0 Å². The summed E-state index contributed by atoms with van der Waals surface area (Å²) >= 11 is 0. The summed E-state index contributed by atoms with van der Waals surface area (Å²) in [4.78, 5) is 2.67. The highest BCUT2D eigenvalue weighted by molar-refractivity contribution is 6.13. The zero-order valence-electron chi connectivity index (χ0n) is 19.2. The molecule has 7 nitrogen and oxygen atoms in total. The van der Waals surface area contributed by atoms with E-state index in [-0.39, 0.29) is 17.3 Å². The lowest BCUT2D eigenvalue weighted by Gasteiger charge is -2.42. The van der Waals surface area contributed by atoms with Crippen molar-refractivity contribution >= 4 is 17.6 Å². The van der Waals surface area contributed by atoms with Crippen molar-refractivity contribution in [3.63, 3.8) is 0 Å². The van der Waals surface area contributed by atoms with E-state index in [1.165, 1.54) is 57.3 Å². The molecule has 1 saturated heterocycles. The topological polar surface area (TPSA) is 115 Å². The summed E-state index contributed by atoms with van der Waals surface area (Å²) in [7, 11) is 0. The molecule has 1 aromatic heterocycles. The number of aromatic nitrogens is 2. The van der Waals surface area contributed by atoms with E-state index in [0.717, 1.165) is 11.6 Å². The molecule has 2 fully saturated rings. The maximum absolute atomic E-state index is 9.97. The third-order valence-electron chi connectivity index (χ3n) is 7.15. The molecule has 1 atom stereocenters. The monoisotopic (exact) mass is 446 g/mol. The number of hydrogen-bond acceptors (Lipinski definition) is 5. The highest BCUT2D eigenvalue weighted by atomic mass is 16.3. The molecule has 0 amide bonds. The number of aromatic hydroxyl groups is 1. The molecule has 5 N–H and O–H groups in total. The van der Waals surface area contributed by atoms with E-state index >= 15 is 0 Å². The first-order valence-electron chi connectivity index (χ1n) is 11.8. The van der Waals surface area contributed by atoms with Crippen molar-refractivity contribution in [2.45, 2.75) is 51.1 Å². The second-order valence-corrected chi connectivity index (χ2v) is 9.23. The fourth-order valence-corrected chi connectivity index (χ4v) is 4.73. The van der Waals surface area contributed by atoms with Gasteiger partial charge < -0.3 is 21.1 Å². The molecule has 0 spiro atoms. The van der Waals surface area contributed by atoms with Crippen molar-refractivity contribution in [2.24, 2.45) is 11.7 Å². The Hall–Kier alpha value is -3.19. The van der Waals surface area contributed by atoms with Crippen LogP contribution in [0.2, 0.25) is 0 Å². The summed E-state index contributed by atoms with van der Waals surface area (Å²) in [6, 6.07) is 7.84. The van der Waals surface area contributed by atoms with Gasteiger partial charge in [0, 0.05) is 28.9 Å². The Morgan fingerprint density at radius 1 is 1.18 bits per heavy atom. The first kappa shape index (κ1) is 23.0. The van der Waals surface area contributed by atoms with Crippen molar-refractivity contribution < 1.29 is 5.11 Å². The lowest BCUT2D eigenvalue weighted by molar-refractivity contribution is 0.0713. The zero-order valence-corrected chi connectivity index (χ0v) is 19.2. The van der Waals surface area contributed by atoms with Crippen molar-refractivity contribution in [1.82, 2.24) is 14.7 Å². The van der Waals surface area contributed by atoms with E-state index in [0.29, 0.717) is 23.1 Å². The van der Waals surface area contributed by atoms with Crippen LogP contribution in [0.4, 0.5) is 0 Å². The van der Waals surface area contributed by atoms with Gasteiger partial charge in [-0.3, -0.25) is 10.1 Å². The number of hydrogen-bond donors (Lipinski definition) is 4. The molecular weight excluding hydrogens is 412 g/mol. The number of likely N-dealkylation sites (tertiary alicyclic amines) is 1. The molecule has 0 radical (unpaired) electrons. The lowest BCUT2D eigenvalue weighted by Crippen LogP contribution is -2.45. The van der Waals surface area contributed by atoms with Crippen LogP contribution >= 0.6 is 0 Å². The molecule has 174 valence electrons. The summed E-state index contributed by atoms with van der Waals surface area (Å²) in [6.07, 6.45) is 15.5. The van der Waals surface area contributed by atoms with Gasteiger partial charge in [-0.05, 0) is 69.8 Å². The zero-order chi connectivity index (χ0) is 23.4. The molecule has 2 aliphatic rings. The second-order valence-electron chi connectivity index (χ2n) is 9.23. The van der Waals surface area contributed by atoms with Gasteiger partial charge in [0.15, 0.2) is 0 Å². The Balaban J connectivity index is 1.40. The number of para-hydroxylation sites is 1. The third-order valence-corrected chi connectivity index (χ3v) is 7.15. The average molecular weight is 447 g/mol. The highest BCUT2D eigenvalue weighted by Crippen LogP contribution is 2.33. The smallest absolute Gasteiger partial charge is 0.124 e. The van der Waals surface area contributed by atoms with Gasteiger partial charge in [0.2, 0.25) is 0 Å². The van der Waals surface area contributed by atoms with Crippen LogP contribution in [0.1, 0.15) is 56.2 Å². The molecule has 1 aromatic carbocycles. The van der Waals surface area contributed by atoms with Crippen LogP contribution in [0.5, 0.6) is 5.75 Å². The van der Waals surface area contributed by atoms with Crippen LogP contribution in [0.3, 0.4) is 0 Å². The van der Waals surface area contributed by atoms with Crippen LogP contribution in [0.15, 0.2) is 54.4 Å². The van der Waals surface area contributed by atoms with Gasteiger partial charge in [0.05, 0.1) is 18.0 Å². The number of nitrogens with one attached hydrogen (secondary N) is 2. The van der Waals surface area contributed by atoms with Crippen molar-refractivity contribution in [1.29, 1.82) is 10.8 Å². The van der Waals surface area contributed by atoms with Crippen molar-refractivity contribution in [3.8, 4) is 5.75 Å². The van der Waals surface area contributed by atoms with Gasteiger partial charge >= 0.3 is 0 Å². The van der Waals surface area contributed by atoms with Gasteiger partial charge in [0.1, 0.15) is 11.6 Å². The lowest BCUT2D eigenvalue weighted by atomic mass is 9.85. The van der Waals surface area contributed by atoms with Gasteiger partial charge in [-0.25, -0.2) is 0 Å². The predicted octanol–water partition coefficient (Wildman–Crippen LogP) is 4.36. The number of nitrogens with zero attached hydrogens (tertiary/aromatic N) is 3. The summed E-state index contributed by atoms with van der Waals surface area (Å²) in [5.74, 6) is 0.523. The number of phenolic OH excluding ortho intramolecular Hbond substituents is 1. The van der Waals surface area contributed by atoms with Crippen molar-refractivity contribution in [3.05, 3.63) is 65.5 Å². The summed E-state index contributed by atoms with van der Waals surface area (Å²) in [5.41, 5.74) is 7.57. The molecule has 1 saturated carbocycles. The second kappa shape index (κ2) is 10.2. The molecule has 2 aromatic rings. The fourth-order valence-electron chi connectivity index (χ4n) is 4.73. The number of rotatable bonds is 8. The van der Waals surface area contributed by atoms with Crippen LogP contribution < -0.4 is 5.73 Å². The summed E-state index contributed by atoms with van der Waals surface area (Å²) in [6.45, 7) is 4.64. The Morgan fingerprint density at radius 3 is 2.55 bits per heavy atom. The fraction of sp³-hybridized carbons (Fsp3) is 0.423. The molecular formula is C26H34N6O. The molecule has 4 rings (SSSR count). The third kappa shape index (κ3) is 5.42. The maximum atomic E-state index is 9.97. The predicted molar refractivity (Wildman–Crippen MR) is 133 cm³/mol. The number of nitrogens with two attached hydrogens (primary N) is 1. The molecule has 1 aliphatic carbocycles. The quantitative estimate of drug-likeness (QED) is 0.274. The first-order chi connectivity index (χ1) is 15.9. The molecule has 0 bridgehead atoms. The van der Waals surface area contributed by atoms with Crippen LogP contribution in [-0.2, 0) is 0 Å². The maximum Gasteiger partial charge on any atom is 0.124 e. The van der Waals surface area contributed by atoms with Gasteiger partial charge in [-0.1, -0.05) is 30.7 Å². The van der Waals surface area contributed by atoms with Crippen LogP contribution in [0, 0.1) is 16.7 Å². The molecule has 7 heteroatoms. The summed E-state index contributed by atoms with van der Waals surface area (Å²) in [5, 5.41) is 30.7. The molecule has 33 heavy (non-hydrogen) atoms. The Bertz CT molecular complexity index is 1060. The first-order valence-corrected chi connectivity index (χ1v) is 11.8.